The molecule has 48 valence electrons. The van der Waals surface area contributed by atoms with Crippen molar-refractivity contribution in [2.24, 2.45) is 16.7 Å². The number of thioether (sulfide) groups is 1. The van der Waals surface area contributed by atoms with Gasteiger partial charge in [0, 0.05) is 0 Å². The fourth-order valence-electron chi connectivity index (χ4n) is 0.122. The Labute approximate surface area is 49.1 Å². The van der Waals surface area contributed by atoms with Gasteiger partial charge in [0.05, 0.1) is 0 Å². The molecule has 0 spiro atoms. The van der Waals surface area contributed by atoms with Gasteiger partial charge in [-0.05, 0) is 11.8 Å². The first kappa shape index (κ1) is 7.48. The zero-order chi connectivity index (χ0) is 6.57. The molecular weight excluding hydrogens is 136 g/mol. The average Bonchev–Trinajstić information content (AvgIpc) is 1.65. The second-order valence-corrected chi connectivity index (χ2v) is 1.86. The van der Waals surface area contributed by atoms with E-state index in [4.69, 9.17) is 5.73 Å². The van der Waals surface area contributed by atoms with Crippen LogP contribution in [0.15, 0.2) is 5.10 Å². The van der Waals surface area contributed by atoms with E-state index in [2.05, 4.69) is 10.9 Å². The van der Waals surface area contributed by atoms with Crippen LogP contribution in [0.25, 0.3) is 0 Å². The van der Waals surface area contributed by atoms with Crippen molar-refractivity contribution < 1.29 is 8.78 Å². The van der Waals surface area contributed by atoms with Crippen molar-refractivity contribution in [3.8, 4) is 0 Å². The molecule has 8 heavy (non-hydrogen) atoms. The first-order valence-electron chi connectivity index (χ1n) is 1.65. The molecule has 0 bridgehead atoms. The van der Waals surface area contributed by atoms with Crippen LogP contribution in [-0.4, -0.2) is 10.9 Å². The van der Waals surface area contributed by atoms with Crippen molar-refractivity contribution in [2.45, 2.75) is 5.76 Å². The van der Waals surface area contributed by atoms with Gasteiger partial charge in [0.15, 0.2) is 5.17 Å². The van der Waals surface area contributed by atoms with Crippen molar-refractivity contribution in [2.75, 3.05) is 0 Å². The van der Waals surface area contributed by atoms with Crippen LogP contribution in [0.1, 0.15) is 0 Å². The Morgan fingerprint density at radius 3 is 2.25 bits per heavy atom. The molecule has 4 N–H and O–H groups in total. The van der Waals surface area contributed by atoms with Crippen LogP contribution in [0.4, 0.5) is 8.78 Å². The molecule has 0 aromatic heterocycles. The third-order valence-corrected chi connectivity index (χ3v) is 0.862. The molecule has 0 unspecified atom stereocenters. The maximum atomic E-state index is 11.2. The summed E-state index contributed by atoms with van der Waals surface area (Å²) in [7, 11) is 0. The van der Waals surface area contributed by atoms with Gasteiger partial charge in [-0.2, -0.15) is 13.9 Å². The van der Waals surface area contributed by atoms with Gasteiger partial charge < -0.3 is 11.6 Å². The van der Waals surface area contributed by atoms with Gasteiger partial charge in [-0.25, -0.2) is 0 Å². The molecule has 0 aliphatic rings. The number of hydrogen-bond acceptors (Lipinski definition) is 3. The number of nitrogens with zero attached hydrogens (tertiary/aromatic N) is 1. The molecule has 0 aromatic carbocycles. The first-order valence-corrected chi connectivity index (χ1v) is 2.53. The van der Waals surface area contributed by atoms with Crippen molar-refractivity contribution in [3.63, 3.8) is 0 Å². The normalized spacial score (nSPS) is 12.6. The summed E-state index contributed by atoms with van der Waals surface area (Å²) in [4.78, 5) is 0. The molecule has 0 rings (SSSR count). The van der Waals surface area contributed by atoms with E-state index in [1.54, 1.807) is 0 Å². The van der Waals surface area contributed by atoms with Crippen LogP contribution >= 0.6 is 11.8 Å². The van der Waals surface area contributed by atoms with Gasteiger partial charge >= 0.3 is 0 Å². The highest BCUT2D eigenvalue weighted by Crippen LogP contribution is 2.11. The second kappa shape index (κ2) is 3.48. The summed E-state index contributed by atoms with van der Waals surface area (Å²) in [5.74, 6) is 1.99. The zero-order valence-electron chi connectivity index (χ0n) is 3.84. The fourth-order valence-corrected chi connectivity index (χ4v) is 0.365. The number of hydrogen-bond donors (Lipinski definition) is 2. The van der Waals surface area contributed by atoms with Crippen molar-refractivity contribution >= 4 is 16.9 Å². The summed E-state index contributed by atoms with van der Waals surface area (Å²) >= 11 is 0.124. The average molecular weight is 141 g/mol. The number of nitrogens with two attached hydrogens (primary N) is 2. The molecule has 0 saturated carbocycles. The number of rotatable bonds is 1. The fraction of sp³-hybridized carbons (Fsp3) is 0.500. The molecule has 6 heteroatoms. The minimum atomic E-state index is -2.54. The lowest BCUT2D eigenvalue weighted by Crippen LogP contribution is -2.10. The first-order chi connectivity index (χ1) is 3.66. The monoisotopic (exact) mass is 141 g/mol. The van der Waals surface area contributed by atoms with Crippen molar-refractivity contribution in [1.82, 2.24) is 0 Å². The van der Waals surface area contributed by atoms with Gasteiger partial charge in [-0.3, -0.25) is 0 Å². The van der Waals surface area contributed by atoms with Gasteiger partial charge in [0.1, 0.15) is 0 Å². The summed E-state index contributed by atoms with van der Waals surface area (Å²) in [6.45, 7) is 0. The number of hydrazone groups is 1. The van der Waals surface area contributed by atoms with E-state index < -0.39 is 5.76 Å². The van der Waals surface area contributed by atoms with Gasteiger partial charge in [-0.15, -0.1) is 0 Å². The predicted octanol–water partition coefficient (Wildman–Crippen LogP) is 0.131. The summed E-state index contributed by atoms with van der Waals surface area (Å²) in [6, 6.07) is 0. The number of halogens is 2. The lowest BCUT2D eigenvalue weighted by atomic mass is 11.4. The van der Waals surface area contributed by atoms with E-state index in [9.17, 15) is 8.78 Å². The maximum Gasteiger partial charge on any atom is 0.291 e. The summed E-state index contributed by atoms with van der Waals surface area (Å²) in [6.07, 6.45) is 0. The molecule has 0 aliphatic carbocycles. The predicted molar refractivity (Wildman–Crippen MR) is 29.4 cm³/mol. The summed E-state index contributed by atoms with van der Waals surface area (Å²) in [5, 5.41) is 2.50. The Morgan fingerprint density at radius 2 is 2.12 bits per heavy atom. The SMILES string of the molecule is NN=C(N)SC(F)F. The quantitative estimate of drug-likeness (QED) is 0.236. The van der Waals surface area contributed by atoms with E-state index in [1.165, 1.54) is 0 Å². The van der Waals surface area contributed by atoms with Crippen LogP contribution in [0.5, 0.6) is 0 Å². The van der Waals surface area contributed by atoms with Gasteiger partial charge in [-0.1, -0.05) is 0 Å². The van der Waals surface area contributed by atoms with E-state index in [0.717, 1.165) is 0 Å². The Bertz CT molecular complexity index is 93.3. The standard InChI is InChI=1S/C2H5F2N3S/c3-1(4)8-2(5)7-6/h1H,6H2,(H2,5,7). The highest BCUT2D eigenvalue weighted by Gasteiger charge is 2.04. The molecular formula is C2H5F2N3S. The molecule has 0 aliphatic heterocycles. The third kappa shape index (κ3) is 3.66. The van der Waals surface area contributed by atoms with Crippen LogP contribution in [-0.2, 0) is 0 Å². The Hall–Kier alpha value is -0.520. The van der Waals surface area contributed by atoms with E-state index >= 15 is 0 Å². The highest BCUT2D eigenvalue weighted by atomic mass is 32.2. The largest absolute Gasteiger partial charge is 0.377 e. The number of alkyl halides is 2. The molecule has 0 radical (unpaired) electrons. The third-order valence-electron chi connectivity index (χ3n) is 0.337. The van der Waals surface area contributed by atoms with Crippen molar-refractivity contribution in [3.05, 3.63) is 0 Å². The Morgan fingerprint density at radius 1 is 1.62 bits per heavy atom. The van der Waals surface area contributed by atoms with Gasteiger partial charge in [0.2, 0.25) is 0 Å². The molecule has 3 nitrogen and oxygen atoms in total. The lowest BCUT2D eigenvalue weighted by Gasteiger charge is -1.93. The molecule has 0 atom stereocenters. The van der Waals surface area contributed by atoms with Crippen molar-refractivity contribution in [1.29, 1.82) is 0 Å². The van der Waals surface area contributed by atoms with Crippen LogP contribution in [0, 0.1) is 0 Å². The lowest BCUT2D eigenvalue weighted by molar-refractivity contribution is 0.253. The number of amidine groups is 1. The van der Waals surface area contributed by atoms with Crippen LogP contribution in [0.2, 0.25) is 0 Å². The Balaban J connectivity index is 3.39. The molecule has 0 saturated heterocycles. The Kier molecular flexibility index (Phi) is 3.25. The topological polar surface area (TPSA) is 64.4 Å². The highest BCUT2D eigenvalue weighted by molar-refractivity contribution is 8.14. The minimum Gasteiger partial charge on any atom is -0.377 e. The molecule has 0 fully saturated rings. The zero-order valence-corrected chi connectivity index (χ0v) is 4.66. The van der Waals surface area contributed by atoms with Crippen LogP contribution < -0.4 is 11.6 Å². The minimum absolute atomic E-state index is 0.124. The molecule has 0 amide bonds. The summed E-state index contributed by atoms with van der Waals surface area (Å²) in [5.41, 5.74) is 4.78. The summed E-state index contributed by atoms with van der Waals surface area (Å²) < 4.78 is 22.4. The second-order valence-electron chi connectivity index (χ2n) is 0.846. The smallest absolute Gasteiger partial charge is 0.291 e. The maximum absolute atomic E-state index is 11.2. The van der Waals surface area contributed by atoms with E-state index in [1.807, 2.05) is 0 Å². The van der Waals surface area contributed by atoms with E-state index in [0.29, 0.717) is 0 Å². The van der Waals surface area contributed by atoms with Gasteiger partial charge in [0.25, 0.3) is 5.76 Å². The van der Waals surface area contributed by atoms with E-state index in [-0.39, 0.29) is 16.9 Å². The van der Waals surface area contributed by atoms with Crippen LogP contribution in [0.3, 0.4) is 0 Å². The molecule has 0 heterocycles. The molecule has 0 aromatic rings.